The number of carbonyl (C=O) groups excluding carboxylic acids is 2. The normalized spacial score (nSPS) is 27.6. The number of aliphatic hydroxyl groups excluding tert-OH is 10. The Hall–Kier alpha value is -10.2. The highest BCUT2D eigenvalue weighted by Gasteiger charge is 2.50. The van der Waals surface area contributed by atoms with Gasteiger partial charge >= 0.3 is 12.0 Å². The van der Waals surface area contributed by atoms with Crippen molar-refractivity contribution in [3.63, 3.8) is 0 Å². The van der Waals surface area contributed by atoms with Crippen LogP contribution in [-0.2, 0) is 18.9 Å². The molecule has 0 spiro atoms. The van der Waals surface area contributed by atoms with E-state index in [1.165, 1.54) is 91.8 Å². The molecule has 0 aromatic carbocycles. The summed E-state index contributed by atoms with van der Waals surface area (Å²) in [7, 11) is 2.96. The Labute approximate surface area is 522 Å². The van der Waals surface area contributed by atoms with Crippen molar-refractivity contribution in [3.05, 3.63) is 61.2 Å². The van der Waals surface area contributed by atoms with Crippen LogP contribution in [0, 0.1) is 0 Å². The molecular formula is C50H58N26O18. The summed E-state index contributed by atoms with van der Waals surface area (Å²) in [5.41, 5.74) is 26.2. The topological polar surface area (TPSA) is 630 Å². The lowest BCUT2D eigenvalue weighted by molar-refractivity contribution is -0.0513. The molecule has 10 aromatic heterocycles. The van der Waals surface area contributed by atoms with E-state index in [0.717, 1.165) is 0 Å². The molecule has 4 aliphatic rings. The number of nitrogens with two attached hydrogens (primary N) is 4. The van der Waals surface area contributed by atoms with Gasteiger partial charge in [-0.2, -0.15) is 50.1 Å². The third kappa shape index (κ3) is 10.7. The molecule has 496 valence electrons. The summed E-state index contributed by atoms with van der Waals surface area (Å²) >= 11 is 0. The van der Waals surface area contributed by atoms with Crippen molar-refractivity contribution in [3.8, 4) is 23.9 Å². The molecule has 4 aliphatic heterocycles. The molecule has 20 N–H and O–H groups in total. The number of aliphatic hydroxyl groups is 10. The number of anilines is 4. The van der Waals surface area contributed by atoms with Gasteiger partial charge in [-0.05, 0) is 0 Å². The van der Waals surface area contributed by atoms with Gasteiger partial charge in [0.05, 0.1) is 75.3 Å². The first kappa shape index (κ1) is 62.6. The molecule has 0 aliphatic carbocycles. The van der Waals surface area contributed by atoms with E-state index in [2.05, 4.69) is 80.6 Å². The van der Waals surface area contributed by atoms with Gasteiger partial charge in [0.25, 0.3) is 23.7 Å². The van der Waals surface area contributed by atoms with Crippen LogP contribution in [-0.4, -0.2) is 274 Å². The monoisotopic (exact) mass is 1310 g/mol. The number of amides is 2. The Kier molecular flexibility index (Phi) is 16.4. The molecule has 14 rings (SSSR count). The zero-order valence-electron chi connectivity index (χ0n) is 48.7. The Morgan fingerprint density at radius 2 is 0.787 bits per heavy atom. The minimum Gasteiger partial charge on any atom is -0.454 e. The van der Waals surface area contributed by atoms with Crippen LogP contribution >= 0.6 is 0 Å². The van der Waals surface area contributed by atoms with E-state index in [1.54, 1.807) is 0 Å². The number of hydrogen-bond donors (Lipinski definition) is 16. The largest absolute Gasteiger partial charge is 0.454 e. The smallest absolute Gasteiger partial charge is 0.321 e. The second-order valence-electron chi connectivity index (χ2n) is 21.5. The fraction of sp³-hybridized carbons (Fsp3) is 0.440. The summed E-state index contributed by atoms with van der Waals surface area (Å²) in [6, 6.07) is -0.664. The molecule has 14 heterocycles. The van der Waals surface area contributed by atoms with Gasteiger partial charge in [-0.15, -0.1) is 0 Å². The highest BCUT2D eigenvalue weighted by molar-refractivity contribution is 5.94. The molecule has 44 nitrogen and oxygen atoms in total. The molecule has 2 amide bonds. The van der Waals surface area contributed by atoms with Crippen LogP contribution in [0.15, 0.2) is 50.1 Å². The first-order valence-electron chi connectivity index (χ1n) is 28.3. The standard InChI is InChI=1S/2C25H29N13O9/c1-28-21(44)8-2-31-38(3-8)24-32-17(26)11-19(34-24)36(6-29-11)23-15(43)16(10(5-40)46-23)47-25-33-18(27)12-20(35-25)37(7-30-12)22-14(42)13(41)9(4-39)45-22;1-28-21(44)8-2-31-38(3-8)24-32-17(26)11-19(34-24)37(7-30-11)23-16(14(42)10(5-40)46-23)47-25-33-18(27)12-20(35-25)36(6-29-12)22-15(43)13(41)9(4-39)45-22/h2*2-3,6-7,9-10,13-16,22-23,39-43H,4-5H2,1H3,(H,28,44)(H2,26,32,34)(H2,27,33,35)/t9-,10-,13+,14?,15?,16+,22-,23-;9-,10-,13+,14+,15?,16?,22-,23-/m11/s1. The average molecular weight is 1310 g/mol. The third-order valence-electron chi connectivity index (χ3n) is 15.9. The van der Waals surface area contributed by atoms with E-state index < -0.39 is 125 Å². The summed E-state index contributed by atoms with van der Waals surface area (Å²) in [5.74, 6) is -0.992. The van der Waals surface area contributed by atoms with Crippen molar-refractivity contribution in [2.24, 2.45) is 0 Å². The predicted octanol–water partition coefficient (Wildman–Crippen LogP) is -8.03. The Morgan fingerprint density at radius 3 is 1.18 bits per heavy atom. The van der Waals surface area contributed by atoms with E-state index in [1.807, 2.05) is 0 Å². The number of carbonyl (C=O) groups is 2. The maximum atomic E-state index is 12.0. The van der Waals surface area contributed by atoms with Gasteiger partial charge < -0.3 is 113 Å². The van der Waals surface area contributed by atoms with Crippen molar-refractivity contribution in [2.45, 2.75) is 98.2 Å². The van der Waals surface area contributed by atoms with Crippen LogP contribution in [0.25, 0.3) is 56.6 Å². The number of rotatable bonds is 16. The Bertz CT molecular complexity index is 4480. The third-order valence-corrected chi connectivity index (χ3v) is 15.9. The molecule has 0 bridgehead atoms. The van der Waals surface area contributed by atoms with E-state index >= 15 is 0 Å². The molecule has 16 atom stereocenters. The van der Waals surface area contributed by atoms with Crippen molar-refractivity contribution in [2.75, 3.05) is 63.5 Å². The number of hydrogen-bond acceptors (Lipinski definition) is 36. The van der Waals surface area contributed by atoms with Gasteiger partial charge in [-0.1, -0.05) is 0 Å². The lowest BCUT2D eigenvalue weighted by Crippen LogP contribution is -2.39. The number of aromatic nitrogens is 20. The maximum absolute atomic E-state index is 12.0. The van der Waals surface area contributed by atoms with Crippen LogP contribution in [0.1, 0.15) is 45.6 Å². The Balaban J connectivity index is 0.000000171. The lowest BCUT2D eigenvalue weighted by Gasteiger charge is -2.22. The number of nitrogens with zero attached hydrogens (tertiary/aromatic N) is 20. The van der Waals surface area contributed by atoms with Crippen molar-refractivity contribution in [1.29, 1.82) is 0 Å². The van der Waals surface area contributed by atoms with Crippen molar-refractivity contribution < 1.29 is 89.1 Å². The van der Waals surface area contributed by atoms with Crippen molar-refractivity contribution in [1.82, 2.24) is 108 Å². The van der Waals surface area contributed by atoms with Crippen LogP contribution in [0.5, 0.6) is 12.0 Å². The fourth-order valence-electron chi connectivity index (χ4n) is 11.1. The highest BCUT2D eigenvalue weighted by atomic mass is 16.6. The number of imidazole rings is 4. The van der Waals surface area contributed by atoms with Gasteiger partial charge in [0, 0.05) is 26.5 Å². The van der Waals surface area contributed by atoms with Crippen LogP contribution in [0.4, 0.5) is 23.3 Å². The average Bonchev–Trinajstić information content (AvgIpc) is 1.61. The Morgan fingerprint density at radius 1 is 0.447 bits per heavy atom. The van der Waals surface area contributed by atoms with E-state index in [9.17, 15) is 60.7 Å². The van der Waals surface area contributed by atoms with Crippen LogP contribution in [0.2, 0.25) is 0 Å². The molecule has 0 saturated carbocycles. The van der Waals surface area contributed by atoms with Gasteiger partial charge in [0.15, 0.2) is 94.0 Å². The van der Waals surface area contributed by atoms with Gasteiger partial charge in [0.2, 0.25) is 0 Å². The molecule has 0 radical (unpaired) electrons. The molecule has 4 saturated heterocycles. The van der Waals surface area contributed by atoms with E-state index in [4.69, 9.17) is 51.4 Å². The molecule has 4 fully saturated rings. The summed E-state index contributed by atoms with van der Waals surface area (Å²) in [5, 5.41) is 116. The lowest BCUT2D eigenvalue weighted by atomic mass is 10.1. The first-order valence-corrected chi connectivity index (χ1v) is 28.3. The highest BCUT2D eigenvalue weighted by Crippen LogP contribution is 2.39. The minimum absolute atomic E-state index is 0.00122. The summed E-state index contributed by atoms with van der Waals surface area (Å²) in [6.07, 6.45) is -9.40. The zero-order chi connectivity index (χ0) is 66.3. The SMILES string of the molecule is CNC(=O)c1cnn(-c2nc(N)c3ncn([C@@H]4O[C@H](CO)[C@H](O)C4Oc4nc(N)c5ncn([C@@H]6O[C@H](CO)[C@H](O)C6O)c5n4)c3n2)c1.CNC(=O)c1cnn(-c2nc(N)c3ncn([C@@H]4O[C@H](CO)[C@H](Oc5nc(N)c6ncn([C@@H]7O[C@H](CO)[C@H](O)C7O)c6n5)C4O)c3n2)c1. The van der Waals surface area contributed by atoms with Gasteiger partial charge in [-0.3, -0.25) is 27.9 Å². The molecule has 10 aromatic rings. The van der Waals surface area contributed by atoms with E-state index in [0.29, 0.717) is 0 Å². The summed E-state index contributed by atoms with van der Waals surface area (Å²) < 4.78 is 43.0. The molecular weight excluding hydrogens is 1250 g/mol. The van der Waals surface area contributed by atoms with Crippen LogP contribution < -0.4 is 43.0 Å². The number of nitrogens with one attached hydrogen (secondary N) is 2. The number of nitrogen functional groups attached to an aromatic ring is 4. The second-order valence-corrected chi connectivity index (χ2v) is 21.5. The molecule has 4 unspecified atom stereocenters. The molecule has 94 heavy (non-hydrogen) atoms. The number of fused-ring (bicyclic) bond motifs is 4. The number of ether oxygens (including phenoxy) is 6. The minimum atomic E-state index is -1.46. The predicted molar refractivity (Wildman–Crippen MR) is 309 cm³/mol. The summed E-state index contributed by atoms with van der Waals surface area (Å²) in [6.45, 7) is -2.24. The zero-order valence-corrected chi connectivity index (χ0v) is 48.7. The summed E-state index contributed by atoms with van der Waals surface area (Å²) in [4.78, 5) is 75.4. The maximum Gasteiger partial charge on any atom is 0.321 e. The fourth-order valence-corrected chi connectivity index (χ4v) is 11.1. The quantitative estimate of drug-likeness (QED) is 0.0427. The van der Waals surface area contributed by atoms with Crippen LogP contribution in [0.3, 0.4) is 0 Å². The van der Waals surface area contributed by atoms with Gasteiger partial charge in [-0.25, -0.2) is 29.3 Å². The second kappa shape index (κ2) is 24.7. The van der Waals surface area contributed by atoms with Crippen molar-refractivity contribution >= 4 is 79.7 Å². The molecule has 44 heteroatoms. The first-order chi connectivity index (χ1) is 45.2. The van der Waals surface area contributed by atoms with E-state index in [-0.39, 0.29) is 115 Å². The van der Waals surface area contributed by atoms with Gasteiger partial charge in [0.1, 0.15) is 72.1 Å².